The molecule has 294 valence electrons. The number of carbonyl (C=O) groups is 4. The summed E-state index contributed by atoms with van der Waals surface area (Å²) in [5.74, 6) is -0.574. The zero-order valence-electron chi connectivity index (χ0n) is 32.5. The molecule has 4 amide bonds. The summed E-state index contributed by atoms with van der Waals surface area (Å²) in [5, 5.41) is 16.6. The predicted molar refractivity (Wildman–Crippen MR) is 212 cm³/mol. The number of ether oxygens (including phenoxy) is 1. The van der Waals surface area contributed by atoms with Crippen molar-refractivity contribution >= 4 is 35.0 Å². The van der Waals surface area contributed by atoms with Crippen LogP contribution in [0.4, 0.5) is 0 Å². The van der Waals surface area contributed by atoms with Gasteiger partial charge in [-0.05, 0) is 80.2 Å². The minimum absolute atomic E-state index is 0.0183. The molecule has 3 aromatic rings. The maximum Gasteiger partial charge on any atom is 0.246 e. The minimum Gasteiger partial charge on any atom is -0.492 e. The standard InChI is InChI=1S/C41H58N6O6S/c1-25-28(12-10-13-34(25)53-23-31(42)19-20-35(43)49)11-8-7-9-14-36(50)46-38(41(4,5)6)40(52)47-22-32(48)21-33(47)39(51)45-26(2)29-15-17-30(18-16-29)37-27(3)44-24-54-37/h10,12-13,15-18,24,26,31-33,38,48H,7-9,11,14,19-23,42H2,1-6H3,(H2,43,49)(H,45,51)(H,46,50)/t26-,31-,32+,33-,38+/m0/s1. The maximum atomic E-state index is 14.0. The number of unbranched alkanes of at least 4 members (excludes halogenated alkanes) is 2. The molecule has 1 fully saturated rings. The van der Waals surface area contributed by atoms with E-state index in [4.69, 9.17) is 16.2 Å². The van der Waals surface area contributed by atoms with Crippen molar-refractivity contribution in [1.82, 2.24) is 20.5 Å². The highest BCUT2D eigenvalue weighted by Gasteiger charge is 2.44. The van der Waals surface area contributed by atoms with Gasteiger partial charge in [-0.2, -0.15) is 0 Å². The smallest absolute Gasteiger partial charge is 0.246 e. The largest absolute Gasteiger partial charge is 0.492 e. The van der Waals surface area contributed by atoms with E-state index in [1.54, 1.807) is 11.3 Å². The number of nitrogens with zero attached hydrogens (tertiary/aromatic N) is 2. The molecular weight excluding hydrogens is 705 g/mol. The second kappa shape index (κ2) is 19.3. The van der Waals surface area contributed by atoms with Gasteiger partial charge in [-0.15, -0.1) is 11.3 Å². The molecule has 4 rings (SSSR count). The number of thiazole rings is 1. The monoisotopic (exact) mass is 762 g/mol. The zero-order valence-corrected chi connectivity index (χ0v) is 33.3. The maximum absolute atomic E-state index is 14.0. The van der Waals surface area contributed by atoms with E-state index in [0.29, 0.717) is 19.4 Å². The van der Waals surface area contributed by atoms with E-state index in [1.165, 1.54) is 4.90 Å². The molecule has 5 atom stereocenters. The van der Waals surface area contributed by atoms with Crippen LogP contribution in [0.5, 0.6) is 5.75 Å². The van der Waals surface area contributed by atoms with Crippen LogP contribution in [-0.2, 0) is 25.6 Å². The fraction of sp³-hybridized carbons (Fsp3) is 0.537. The minimum atomic E-state index is -0.875. The van der Waals surface area contributed by atoms with Crippen LogP contribution in [0.15, 0.2) is 48.0 Å². The number of aromatic nitrogens is 1. The van der Waals surface area contributed by atoms with Gasteiger partial charge in [-0.25, -0.2) is 4.98 Å². The number of primary amides is 1. The van der Waals surface area contributed by atoms with Gasteiger partial charge in [0.25, 0.3) is 0 Å². The number of amides is 4. The number of nitrogens with two attached hydrogens (primary N) is 2. The summed E-state index contributed by atoms with van der Waals surface area (Å²) >= 11 is 1.58. The van der Waals surface area contributed by atoms with Gasteiger partial charge in [0.2, 0.25) is 23.6 Å². The van der Waals surface area contributed by atoms with Crippen molar-refractivity contribution in [3.63, 3.8) is 0 Å². The summed E-state index contributed by atoms with van der Waals surface area (Å²) in [4.78, 5) is 58.7. The Bertz CT molecular complexity index is 1740. The Balaban J connectivity index is 1.27. The molecule has 0 unspecified atom stereocenters. The van der Waals surface area contributed by atoms with Gasteiger partial charge in [-0.1, -0.05) is 63.6 Å². The van der Waals surface area contributed by atoms with Crippen LogP contribution in [0, 0.1) is 19.3 Å². The number of carbonyl (C=O) groups excluding carboxylic acids is 4. The molecule has 13 heteroatoms. The van der Waals surface area contributed by atoms with E-state index >= 15 is 0 Å². The first-order chi connectivity index (χ1) is 25.5. The molecule has 0 bridgehead atoms. The Morgan fingerprint density at radius 1 is 1.04 bits per heavy atom. The number of β-amino-alcohol motifs (C(OH)–C–C–N with tert-alkyl or cyclic N) is 1. The lowest BCUT2D eigenvalue weighted by atomic mass is 9.85. The van der Waals surface area contributed by atoms with Gasteiger partial charge < -0.3 is 36.8 Å². The van der Waals surface area contributed by atoms with Gasteiger partial charge in [-0.3, -0.25) is 19.2 Å². The summed E-state index contributed by atoms with van der Waals surface area (Å²) in [5.41, 5.74) is 17.6. The lowest BCUT2D eigenvalue weighted by molar-refractivity contribution is -0.144. The third-order valence-electron chi connectivity index (χ3n) is 10.0. The summed E-state index contributed by atoms with van der Waals surface area (Å²) in [6.07, 6.45) is 3.38. The van der Waals surface area contributed by atoms with Crippen molar-refractivity contribution in [2.24, 2.45) is 16.9 Å². The molecule has 0 spiro atoms. The molecule has 0 radical (unpaired) electrons. The fourth-order valence-electron chi connectivity index (χ4n) is 6.72. The molecule has 12 nitrogen and oxygen atoms in total. The Morgan fingerprint density at radius 3 is 2.41 bits per heavy atom. The number of rotatable bonds is 18. The van der Waals surface area contributed by atoms with Gasteiger partial charge in [0, 0.05) is 31.8 Å². The van der Waals surface area contributed by atoms with E-state index in [0.717, 1.165) is 57.8 Å². The van der Waals surface area contributed by atoms with Gasteiger partial charge in [0.1, 0.15) is 24.4 Å². The summed E-state index contributed by atoms with van der Waals surface area (Å²) in [6.45, 7) is 11.8. The van der Waals surface area contributed by atoms with Gasteiger partial charge in [0.15, 0.2) is 0 Å². The summed E-state index contributed by atoms with van der Waals surface area (Å²) < 4.78 is 5.93. The molecule has 7 N–H and O–H groups in total. The predicted octanol–water partition coefficient (Wildman–Crippen LogP) is 4.87. The molecule has 1 aliphatic rings. The highest BCUT2D eigenvalue weighted by atomic mass is 32.1. The van der Waals surface area contributed by atoms with E-state index < -0.39 is 23.6 Å². The Labute approximate surface area is 323 Å². The number of hydrogen-bond acceptors (Lipinski definition) is 9. The van der Waals surface area contributed by atoms with E-state index in [1.807, 2.05) is 83.5 Å². The quantitative estimate of drug-likeness (QED) is 0.113. The first-order valence-electron chi connectivity index (χ1n) is 18.9. The van der Waals surface area contributed by atoms with E-state index in [9.17, 15) is 24.3 Å². The summed E-state index contributed by atoms with van der Waals surface area (Å²) in [7, 11) is 0. The van der Waals surface area contributed by atoms with Crippen molar-refractivity contribution < 1.29 is 29.0 Å². The third-order valence-corrected chi connectivity index (χ3v) is 11.0. The summed E-state index contributed by atoms with van der Waals surface area (Å²) in [6, 6.07) is 11.5. The van der Waals surface area contributed by atoms with Crippen LogP contribution < -0.4 is 26.8 Å². The molecule has 1 saturated heterocycles. The van der Waals surface area contributed by atoms with Crippen LogP contribution >= 0.6 is 11.3 Å². The molecule has 2 aromatic carbocycles. The zero-order chi connectivity index (χ0) is 39.6. The molecule has 1 aromatic heterocycles. The van der Waals surface area contributed by atoms with Crippen LogP contribution in [0.1, 0.15) is 101 Å². The van der Waals surface area contributed by atoms with Crippen molar-refractivity contribution in [2.45, 2.75) is 123 Å². The normalized spacial score (nSPS) is 17.4. The molecular formula is C41H58N6O6S. The van der Waals surface area contributed by atoms with Crippen LogP contribution in [-0.4, -0.2) is 76.0 Å². The Hall–Kier alpha value is -4.33. The van der Waals surface area contributed by atoms with E-state index in [2.05, 4.69) is 21.7 Å². The number of likely N-dealkylation sites (tertiary alicyclic amines) is 1. The molecule has 54 heavy (non-hydrogen) atoms. The Kier molecular flexibility index (Phi) is 15.2. The number of hydrogen-bond donors (Lipinski definition) is 5. The molecule has 1 aliphatic heterocycles. The van der Waals surface area contributed by atoms with Crippen molar-refractivity contribution in [3.8, 4) is 16.2 Å². The van der Waals surface area contributed by atoms with Crippen molar-refractivity contribution in [3.05, 3.63) is 70.4 Å². The lowest BCUT2D eigenvalue weighted by Gasteiger charge is -2.35. The van der Waals surface area contributed by atoms with Crippen LogP contribution in [0.2, 0.25) is 0 Å². The fourth-order valence-corrected chi connectivity index (χ4v) is 7.53. The topological polar surface area (TPSA) is 190 Å². The molecule has 0 saturated carbocycles. The highest BCUT2D eigenvalue weighted by molar-refractivity contribution is 7.13. The average Bonchev–Trinajstić information content (AvgIpc) is 3.74. The number of aliphatic hydroxyl groups is 1. The second-order valence-corrected chi connectivity index (χ2v) is 16.4. The number of aryl methyl sites for hydroxylation is 2. The van der Waals surface area contributed by atoms with Crippen LogP contribution in [0.25, 0.3) is 10.4 Å². The number of nitrogens with one attached hydrogen (secondary N) is 2. The van der Waals surface area contributed by atoms with E-state index in [-0.39, 0.29) is 61.5 Å². The van der Waals surface area contributed by atoms with Crippen molar-refractivity contribution in [1.29, 1.82) is 0 Å². The number of benzene rings is 2. The SMILES string of the molecule is Cc1ncsc1-c1ccc([C@H](C)NC(=O)[C@@H]2C[C@@H](O)CN2C(=O)[C@@H](NC(=O)CCCCCc2cccc(OC[C@@H](N)CCC(N)=O)c2C)C(C)(C)C)cc1. The Morgan fingerprint density at radius 2 is 1.76 bits per heavy atom. The molecule has 2 heterocycles. The first-order valence-corrected chi connectivity index (χ1v) is 19.8. The van der Waals surface area contributed by atoms with Gasteiger partial charge in [0.05, 0.1) is 28.2 Å². The third kappa shape index (κ3) is 11.8. The second-order valence-electron chi connectivity index (χ2n) is 15.6. The van der Waals surface area contributed by atoms with Crippen molar-refractivity contribution in [2.75, 3.05) is 13.2 Å². The van der Waals surface area contributed by atoms with Crippen LogP contribution in [0.3, 0.4) is 0 Å². The average molecular weight is 763 g/mol. The van der Waals surface area contributed by atoms with Gasteiger partial charge >= 0.3 is 0 Å². The lowest BCUT2D eigenvalue weighted by Crippen LogP contribution is -2.57. The first kappa shape index (κ1) is 42.4. The molecule has 0 aliphatic carbocycles. The number of aliphatic hydroxyl groups excluding tert-OH is 1. The highest BCUT2D eigenvalue weighted by Crippen LogP contribution is 2.30.